The van der Waals surface area contributed by atoms with Gasteiger partial charge in [-0.25, -0.2) is 0 Å². The van der Waals surface area contributed by atoms with Gasteiger partial charge in [-0.1, -0.05) is 0 Å². The first-order chi connectivity index (χ1) is 13.8. The molecule has 2 aromatic heterocycles. The lowest BCUT2D eigenvalue weighted by Gasteiger charge is -2.35. The fourth-order valence-corrected chi connectivity index (χ4v) is 4.75. The molecule has 2 aliphatic rings. The van der Waals surface area contributed by atoms with E-state index in [0.29, 0.717) is 24.8 Å². The molecule has 1 amide bonds. The number of hydrogen-bond donors (Lipinski definition) is 1. The summed E-state index contributed by atoms with van der Waals surface area (Å²) in [7, 11) is 0. The molecule has 2 aromatic rings. The number of carbonyl (C=O) groups excluding carboxylic acids is 1. The zero-order valence-corrected chi connectivity index (χ0v) is 17.6. The third kappa shape index (κ3) is 4.15. The first-order valence-electron chi connectivity index (χ1n) is 10.4. The Morgan fingerprint density at radius 1 is 1.14 bits per heavy atom. The standard InChI is InChI=1S/C22H30N4O3/c1-13-5-6-20(16(4)23-13)29-21-9-18-11-25(10-17(18)8-19(21)27)22(28)12-26-15(3)7-14(2)24-26/h5-7,17-19,21,27H,8-12H2,1-4H3/t17-,18+,19+,21+/m0/s1. The highest BCUT2D eigenvalue weighted by Crippen LogP contribution is 2.38. The Morgan fingerprint density at radius 2 is 1.86 bits per heavy atom. The van der Waals surface area contributed by atoms with Gasteiger partial charge in [0, 0.05) is 24.5 Å². The fourth-order valence-electron chi connectivity index (χ4n) is 4.75. The highest BCUT2D eigenvalue weighted by molar-refractivity contribution is 5.76. The first-order valence-corrected chi connectivity index (χ1v) is 10.4. The van der Waals surface area contributed by atoms with Crippen LogP contribution in [0.3, 0.4) is 0 Å². The fraction of sp³-hybridized carbons (Fsp3) is 0.591. The summed E-state index contributed by atoms with van der Waals surface area (Å²) in [6.07, 6.45) is 0.633. The molecule has 1 N–H and O–H groups in total. The molecule has 0 unspecified atom stereocenters. The van der Waals surface area contributed by atoms with Crippen LogP contribution in [0.2, 0.25) is 0 Å². The molecule has 4 rings (SSSR count). The van der Waals surface area contributed by atoms with Crippen molar-refractivity contribution in [3.8, 4) is 5.75 Å². The van der Waals surface area contributed by atoms with Crippen LogP contribution in [-0.2, 0) is 11.3 Å². The molecule has 29 heavy (non-hydrogen) atoms. The van der Waals surface area contributed by atoms with Crippen molar-refractivity contribution in [2.75, 3.05) is 13.1 Å². The second-order valence-corrected chi connectivity index (χ2v) is 8.63. The molecule has 4 atom stereocenters. The molecular weight excluding hydrogens is 368 g/mol. The summed E-state index contributed by atoms with van der Waals surface area (Å²) in [5, 5.41) is 15.1. The van der Waals surface area contributed by atoms with Gasteiger partial charge < -0.3 is 14.7 Å². The largest absolute Gasteiger partial charge is 0.486 e. The second kappa shape index (κ2) is 7.78. The maximum Gasteiger partial charge on any atom is 0.244 e. The van der Waals surface area contributed by atoms with E-state index in [2.05, 4.69) is 10.1 Å². The average Bonchev–Trinajstić information content (AvgIpc) is 3.19. The summed E-state index contributed by atoms with van der Waals surface area (Å²) in [6.45, 7) is 9.48. The number of pyridine rings is 1. The van der Waals surface area contributed by atoms with Crippen LogP contribution in [0.5, 0.6) is 5.75 Å². The Morgan fingerprint density at radius 3 is 2.52 bits per heavy atom. The first kappa shape index (κ1) is 19.9. The number of ether oxygens (including phenoxy) is 1. The van der Waals surface area contributed by atoms with Crippen LogP contribution >= 0.6 is 0 Å². The maximum absolute atomic E-state index is 12.8. The van der Waals surface area contributed by atoms with Crippen molar-refractivity contribution in [2.45, 2.75) is 59.3 Å². The van der Waals surface area contributed by atoms with Gasteiger partial charge in [0.1, 0.15) is 18.4 Å². The average molecular weight is 399 g/mol. The molecule has 0 aromatic carbocycles. The van der Waals surface area contributed by atoms with E-state index in [-0.39, 0.29) is 18.6 Å². The Hall–Kier alpha value is -2.41. The third-order valence-corrected chi connectivity index (χ3v) is 6.28. The Bertz CT molecular complexity index is 909. The lowest BCUT2D eigenvalue weighted by atomic mass is 9.78. The summed E-state index contributed by atoms with van der Waals surface area (Å²) in [5.41, 5.74) is 3.71. The van der Waals surface area contributed by atoms with Crippen molar-refractivity contribution >= 4 is 5.91 Å². The number of aliphatic hydroxyl groups excluding tert-OH is 1. The molecule has 3 heterocycles. The summed E-state index contributed by atoms with van der Waals surface area (Å²) in [5.74, 6) is 1.50. The van der Waals surface area contributed by atoms with Crippen molar-refractivity contribution < 1.29 is 14.6 Å². The van der Waals surface area contributed by atoms with Crippen LogP contribution in [0.15, 0.2) is 18.2 Å². The smallest absolute Gasteiger partial charge is 0.244 e. The van der Waals surface area contributed by atoms with Crippen LogP contribution in [0.4, 0.5) is 0 Å². The molecule has 7 nitrogen and oxygen atoms in total. The molecule has 156 valence electrons. The highest BCUT2D eigenvalue weighted by atomic mass is 16.5. The van der Waals surface area contributed by atoms with E-state index in [0.717, 1.165) is 41.5 Å². The van der Waals surface area contributed by atoms with Crippen LogP contribution in [-0.4, -0.2) is 56.0 Å². The van der Waals surface area contributed by atoms with E-state index in [9.17, 15) is 9.90 Å². The van der Waals surface area contributed by atoms with Crippen LogP contribution in [0.1, 0.15) is 35.6 Å². The number of fused-ring (bicyclic) bond motifs is 1. The second-order valence-electron chi connectivity index (χ2n) is 8.63. The lowest BCUT2D eigenvalue weighted by molar-refractivity contribution is -0.131. The number of aryl methyl sites for hydroxylation is 4. The molecule has 1 aliphatic carbocycles. The zero-order valence-electron chi connectivity index (χ0n) is 17.6. The number of aliphatic hydroxyl groups is 1. The molecule has 1 saturated carbocycles. The van der Waals surface area contributed by atoms with Crippen LogP contribution in [0.25, 0.3) is 0 Å². The Balaban J connectivity index is 1.39. The molecule has 0 spiro atoms. The normalized spacial score (nSPS) is 26.4. The summed E-state index contributed by atoms with van der Waals surface area (Å²) in [4.78, 5) is 19.2. The van der Waals surface area contributed by atoms with E-state index >= 15 is 0 Å². The molecule has 0 radical (unpaired) electrons. The maximum atomic E-state index is 12.8. The quantitative estimate of drug-likeness (QED) is 0.854. The number of nitrogens with zero attached hydrogens (tertiary/aromatic N) is 4. The predicted octanol–water partition coefficient (Wildman–Crippen LogP) is 2.19. The number of aromatic nitrogens is 3. The summed E-state index contributed by atoms with van der Waals surface area (Å²) in [6, 6.07) is 5.84. The number of carbonyl (C=O) groups is 1. The van der Waals surface area contributed by atoms with Crippen molar-refractivity contribution in [3.05, 3.63) is 41.0 Å². The van der Waals surface area contributed by atoms with Gasteiger partial charge in [-0.2, -0.15) is 5.10 Å². The number of rotatable bonds is 4. The molecular formula is C22H30N4O3. The topological polar surface area (TPSA) is 80.5 Å². The van der Waals surface area contributed by atoms with E-state index in [1.54, 1.807) is 4.68 Å². The van der Waals surface area contributed by atoms with Gasteiger partial charge >= 0.3 is 0 Å². The van der Waals surface area contributed by atoms with E-state index in [1.165, 1.54) is 0 Å². The highest BCUT2D eigenvalue weighted by Gasteiger charge is 2.44. The van der Waals surface area contributed by atoms with Gasteiger partial charge in [0.05, 0.1) is 17.5 Å². The number of likely N-dealkylation sites (tertiary alicyclic amines) is 1. The minimum atomic E-state index is -0.525. The van der Waals surface area contributed by atoms with E-state index in [4.69, 9.17) is 4.74 Å². The van der Waals surface area contributed by atoms with Gasteiger partial charge in [0.15, 0.2) is 0 Å². The number of amides is 1. The van der Waals surface area contributed by atoms with Crippen molar-refractivity contribution in [3.63, 3.8) is 0 Å². The van der Waals surface area contributed by atoms with E-state index < -0.39 is 6.10 Å². The Labute approximate surface area is 171 Å². The Kier molecular flexibility index (Phi) is 5.34. The monoisotopic (exact) mass is 398 g/mol. The van der Waals surface area contributed by atoms with Crippen molar-refractivity contribution in [1.29, 1.82) is 0 Å². The lowest BCUT2D eigenvalue weighted by Crippen LogP contribution is -2.42. The summed E-state index contributed by atoms with van der Waals surface area (Å²) >= 11 is 0. The van der Waals surface area contributed by atoms with Gasteiger partial charge in [0.2, 0.25) is 5.91 Å². The number of hydrogen-bond acceptors (Lipinski definition) is 5. The van der Waals surface area contributed by atoms with Gasteiger partial charge in [-0.15, -0.1) is 0 Å². The molecule has 2 fully saturated rings. The minimum Gasteiger partial charge on any atom is -0.486 e. The van der Waals surface area contributed by atoms with Crippen molar-refractivity contribution in [1.82, 2.24) is 19.7 Å². The van der Waals surface area contributed by atoms with Crippen LogP contribution < -0.4 is 4.74 Å². The van der Waals surface area contributed by atoms with Crippen LogP contribution in [0, 0.1) is 39.5 Å². The predicted molar refractivity (Wildman–Crippen MR) is 109 cm³/mol. The van der Waals surface area contributed by atoms with E-state index in [1.807, 2.05) is 50.8 Å². The molecule has 7 heteroatoms. The SMILES string of the molecule is Cc1ccc(O[C@@H]2C[C@@H]3CN(C(=O)Cn4nc(C)cc4C)C[C@@H]3C[C@H]2O)c(C)n1. The third-order valence-electron chi connectivity index (χ3n) is 6.28. The van der Waals surface area contributed by atoms with Crippen molar-refractivity contribution in [2.24, 2.45) is 11.8 Å². The molecule has 0 bridgehead atoms. The summed E-state index contributed by atoms with van der Waals surface area (Å²) < 4.78 is 7.91. The zero-order chi connectivity index (χ0) is 20.7. The van der Waals surface area contributed by atoms with Gasteiger partial charge in [-0.05, 0) is 70.6 Å². The van der Waals surface area contributed by atoms with Gasteiger partial charge in [0.25, 0.3) is 0 Å². The van der Waals surface area contributed by atoms with Gasteiger partial charge in [-0.3, -0.25) is 14.5 Å². The molecule has 1 aliphatic heterocycles. The molecule has 1 saturated heterocycles. The minimum absolute atomic E-state index is 0.0936.